The van der Waals surface area contributed by atoms with E-state index in [2.05, 4.69) is 12.2 Å². The number of hydrogen-bond donors (Lipinski definition) is 0. The van der Waals surface area contributed by atoms with Gasteiger partial charge < -0.3 is 4.90 Å². The fraction of sp³-hybridized carbons (Fsp3) is 0.471. The largest absolute Gasteiger partial charge is 0.341 e. The second kappa shape index (κ2) is 6.24. The van der Waals surface area contributed by atoms with Crippen molar-refractivity contribution in [1.82, 2.24) is 4.90 Å². The van der Waals surface area contributed by atoms with E-state index < -0.39 is 15.1 Å². The Morgan fingerprint density at radius 3 is 2.55 bits per heavy atom. The zero-order chi connectivity index (χ0) is 15.6. The summed E-state index contributed by atoms with van der Waals surface area (Å²) in [4.78, 5) is 14.6. The molecule has 0 saturated carbocycles. The number of benzene rings is 1. The summed E-state index contributed by atoms with van der Waals surface area (Å²) in [6.07, 6.45) is 7.30. The highest BCUT2D eigenvalue weighted by molar-refractivity contribution is 7.92. The van der Waals surface area contributed by atoms with Crippen molar-refractivity contribution in [2.45, 2.75) is 35.8 Å². The molecule has 4 nitrogen and oxygen atoms in total. The molecule has 0 bridgehead atoms. The van der Waals surface area contributed by atoms with Crippen LogP contribution < -0.4 is 0 Å². The fourth-order valence-corrected chi connectivity index (χ4v) is 4.97. The zero-order valence-corrected chi connectivity index (χ0v) is 13.3. The second-order valence-corrected chi connectivity index (χ2v) is 8.26. The predicted octanol–water partition coefficient (Wildman–Crippen LogP) is 2.42. The molecule has 2 aliphatic rings. The van der Waals surface area contributed by atoms with E-state index in [-0.39, 0.29) is 11.8 Å². The first-order valence-corrected chi connectivity index (χ1v) is 9.36. The van der Waals surface area contributed by atoms with E-state index in [9.17, 15) is 13.2 Å². The average molecular weight is 319 g/mol. The molecule has 1 aliphatic heterocycles. The van der Waals surface area contributed by atoms with E-state index in [4.69, 9.17) is 0 Å². The zero-order valence-electron chi connectivity index (χ0n) is 12.5. The molecule has 22 heavy (non-hydrogen) atoms. The number of carbonyl (C=O) groups excluding carboxylic acids is 1. The quantitative estimate of drug-likeness (QED) is 0.804. The maximum Gasteiger partial charge on any atom is 0.226 e. The summed E-state index contributed by atoms with van der Waals surface area (Å²) in [6, 6.07) is 8.54. The van der Waals surface area contributed by atoms with Crippen LogP contribution in [0.5, 0.6) is 0 Å². The number of carbonyl (C=O) groups is 1. The van der Waals surface area contributed by atoms with Crippen LogP contribution in [0.4, 0.5) is 0 Å². The molecular formula is C17H21NO3S. The topological polar surface area (TPSA) is 54.5 Å². The fourth-order valence-electron chi connectivity index (χ4n) is 3.26. The Morgan fingerprint density at radius 2 is 1.86 bits per heavy atom. The molecule has 1 fully saturated rings. The Labute approximate surface area is 131 Å². The van der Waals surface area contributed by atoms with Crippen LogP contribution in [0.25, 0.3) is 0 Å². The Hall–Kier alpha value is -1.62. The summed E-state index contributed by atoms with van der Waals surface area (Å²) in [5, 5.41) is -0.474. The van der Waals surface area contributed by atoms with E-state index in [1.807, 2.05) is 0 Å². The number of hydrogen-bond acceptors (Lipinski definition) is 3. The molecule has 3 rings (SSSR count). The van der Waals surface area contributed by atoms with Gasteiger partial charge >= 0.3 is 0 Å². The normalized spacial score (nSPS) is 25.4. The molecule has 1 aliphatic carbocycles. The lowest BCUT2D eigenvalue weighted by Gasteiger charge is -2.24. The molecule has 1 aromatic rings. The Kier molecular flexibility index (Phi) is 4.34. The third-order valence-corrected chi connectivity index (χ3v) is 6.78. The molecule has 2 atom stereocenters. The third kappa shape index (κ3) is 2.95. The summed E-state index contributed by atoms with van der Waals surface area (Å²) >= 11 is 0. The van der Waals surface area contributed by atoms with Crippen LogP contribution in [0.15, 0.2) is 47.4 Å². The summed E-state index contributed by atoms with van der Waals surface area (Å²) in [5.74, 6) is 0.151. The maximum atomic E-state index is 12.6. The molecule has 0 aromatic heterocycles. The molecule has 1 saturated heterocycles. The highest BCUT2D eigenvalue weighted by Crippen LogP contribution is 2.27. The van der Waals surface area contributed by atoms with Crippen molar-refractivity contribution in [3.8, 4) is 0 Å². The standard InChI is InChI=1S/C17H21NO3S/c19-17(14-7-3-1-4-8-14)18-12-11-16(13-18)22(20,21)15-9-5-2-6-10-15/h1-3,5-6,9-10,14,16H,4,7-8,11-13H2/t14-,16-/m0/s1. The molecule has 0 radical (unpaired) electrons. The van der Waals surface area contributed by atoms with Crippen molar-refractivity contribution >= 4 is 15.7 Å². The number of nitrogens with zero attached hydrogens (tertiary/aromatic N) is 1. The van der Waals surface area contributed by atoms with Crippen LogP contribution in [0.2, 0.25) is 0 Å². The molecular weight excluding hydrogens is 298 g/mol. The summed E-state index contributed by atoms with van der Waals surface area (Å²) in [6.45, 7) is 0.881. The molecule has 0 N–H and O–H groups in total. The lowest BCUT2D eigenvalue weighted by Crippen LogP contribution is -2.36. The number of likely N-dealkylation sites (tertiary alicyclic amines) is 1. The minimum absolute atomic E-state index is 0.0307. The minimum atomic E-state index is -3.34. The Bertz CT molecular complexity index is 666. The third-order valence-electron chi connectivity index (χ3n) is 4.59. The van der Waals surface area contributed by atoms with Crippen LogP contribution in [0.1, 0.15) is 25.7 Å². The van der Waals surface area contributed by atoms with Gasteiger partial charge in [-0.05, 0) is 37.8 Å². The molecule has 5 heteroatoms. The van der Waals surface area contributed by atoms with Gasteiger partial charge in [-0.15, -0.1) is 0 Å². The van der Waals surface area contributed by atoms with Crippen LogP contribution in [-0.4, -0.2) is 37.6 Å². The first kappa shape index (κ1) is 15.3. The van der Waals surface area contributed by atoms with Gasteiger partial charge in [-0.2, -0.15) is 0 Å². The SMILES string of the molecule is O=C([C@H]1CC=CCC1)N1CC[C@H](S(=O)(=O)c2ccccc2)C1. The van der Waals surface area contributed by atoms with Crippen molar-refractivity contribution in [3.05, 3.63) is 42.5 Å². The van der Waals surface area contributed by atoms with Gasteiger partial charge in [-0.3, -0.25) is 4.79 Å². The molecule has 1 amide bonds. The molecule has 1 aromatic carbocycles. The van der Waals surface area contributed by atoms with Crippen LogP contribution in [-0.2, 0) is 14.6 Å². The van der Waals surface area contributed by atoms with Crippen molar-refractivity contribution in [1.29, 1.82) is 0 Å². The molecule has 0 spiro atoms. The van der Waals surface area contributed by atoms with Crippen molar-refractivity contribution in [3.63, 3.8) is 0 Å². The van der Waals surface area contributed by atoms with Gasteiger partial charge in [-0.25, -0.2) is 8.42 Å². The van der Waals surface area contributed by atoms with E-state index in [1.165, 1.54) is 0 Å². The van der Waals surface area contributed by atoms with Crippen LogP contribution in [0.3, 0.4) is 0 Å². The Balaban J connectivity index is 1.69. The van der Waals surface area contributed by atoms with Gasteiger partial charge in [0, 0.05) is 19.0 Å². The highest BCUT2D eigenvalue weighted by atomic mass is 32.2. The molecule has 0 unspecified atom stereocenters. The van der Waals surface area contributed by atoms with Gasteiger partial charge in [0.2, 0.25) is 5.91 Å². The van der Waals surface area contributed by atoms with Crippen molar-refractivity contribution in [2.75, 3.05) is 13.1 Å². The summed E-state index contributed by atoms with van der Waals surface area (Å²) < 4.78 is 25.3. The lowest BCUT2D eigenvalue weighted by atomic mass is 9.93. The van der Waals surface area contributed by atoms with Crippen molar-refractivity contribution < 1.29 is 13.2 Å². The first-order chi connectivity index (χ1) is 10.6. The second-order valence-electron chi connectivity index (χ2n) is 6.03. The van der Waals surface area contributed by atoms with Gasteiger partial charge in [0.1, 0.15) is 0 Å². The number of allylic oxidation sites excluding steroid dienone is 2. The monoisotopic (exact) mass is 319 g/mol. The summed E-state index contributed by atoms with van der Waals surface area (Å²) in [7, 11) is -3.34. The maximum absolute atomic E-state index is 12.6. The first-order valence-electron chi connectivity index (χ1n) is 7.82. The lowest BCUT2D eigenvalue weighted by molar-refractivity contribution is -0.134. The average Bonchev–Trinajstić information content (AvgIpc) is 3.06. The van der Waals surface area contributed by atoms with Crippen LogP contribution >= 0.6 is 0 Å². The highest BCUT2D eigenvalue weighted by Gasteiger charge is 2.37. The van der Waals surface area contributed by atoms with E-state index in [1.54, 1.807) is 35.2 Å². The van der Waals surface area contributed by atoms with Crippen molar-refractivity contribution in [2.24, 2.45) is 5.92 Å². The van der Waals surface area contributed by atoms with E-state index in [0.29, 0.717) is 24.4 Å². The van der Waals surface area contributed by atoms with Gasteiger partial charge in [-0.1, -0.05) is 30.4 Å². The smallest absolute Gasteiger partial charge is 0.226 e. The number of sulfone groups is 1. The van der Waals surface area contributed by atoms with Gasteiger partial charge in [0.25, 0.3) is 0 Å². The van der Waals surface area contributed by atoms with Gasteiger partial charge in [0.15, 0.2) is 9.84 Å². The van der Waals surface area contributed by atoms with Gasteiger partial charge in [0.05, 0.1) is 10.1 Å². The molecule has 1 heterocycles. The number of rotatable bonds is 3. The summed E-state index contributed by atoms with van der Waals surface area (Å²) in [5.41, 5.74) is 0. The van der Waals surface area contributed by atoms with Crippen LogP contribution in [0, 0.1) is 5.92 Å². The van der Waals surface area contributed by atoms with E-state index in [0.717, 1.165) is 19.3 Å². The molecule has 118 valence electrons. The predicted molar refractivity (Wildman–Crippen MR) is 85.1 cm³/mol. The van der Waals surface area contributed by atoms with E-state index >= 15 is 0 Å². The number of amides is 1. The Morgan fingerprint density at radius 1 is 1.09 bits per heavy atom. The minimum Gasteiger partial charge on any atom is -0.341 e.